The monoisotopic (exact) mass is 684 g/mol. The van der Waals surface area contributed by atoms with Gasteiger partial charge in [0.05, 0.1) is 4.49 Å². The second-order valence-electron chi connectivity index (χ2n) is 8.74. The molecule has 4 saturated heterocycles. The minimum Gasteiger partial charge on any atom is -0.363 e. The number of hydrogen-bond donors (Lipinski definition) is 1. The Morgan fingerprint density at radius 3 is 1.07 bits per heavy atom. The Kier molecular flexibility index (Phi) is 14.8. The summed E-state index contributed by atoms with van der Waals surface area (Å²) in [5.41, 5.74) is 2.60. The third-order valence-electron chi connectivity index (χ3n) is 6.00. The highest BCUT2D eigenvalue weighted by molar-refractivity contribution is 6.55. The van der Waals surface area contributed by atoms with Gasteiger partial charge in [-0.05, 0) is 54.0 Å². The zero-order chi connectivity index (χ0) is 34.8. The van der Waals surface area contributed by atoms with Crippen LogP contribution in [-0.4, -0.2) is 61.0 Å². The van der Waals surface area contributed by atoms with Crippen molar-refractivity contribution in [3.63, 3.8) is 0 Å². The molecule has 0 unspecified atom stereocenters. The van der Waals surface area contributed by atoms with Gasteiger partial charge in [-0.25, -0.2) is 5.48 Å². The summed E-state index contributed by atoms with van der Waals surface area (Å²) in [6, 6.07) is 0. The summed E-state index contributed by atoms with van der Waals surface area (Å²) < 4.78 is 0.111. The van der Waals surface area contributed by atoms with Crippen LogP contribution in [0.5, 0.6) is 0 Å². The molecule has 4 fully saturated rings. The highest BCUT2D eigenvalue weighted by atomic mass is 35.5. The maximum absolute atomic E-state index is 5.64. The zero-order valence-electron chi connectivity index (χ0n) is 26.5. The predicted octanol–water partition coefficient (Wildman–Crippen LogP) is 7.41. The molecule has 45 heavy (non-hydrogen) atoms. The number of hydrogen-bond acceptors (Lipinski definition) is 12. The fraction of sp³-hybridized carbons (Fsp3) is 0.267. The van der Waals surface area contributed by atoms with E-state index in [1.54, 1.807) is 4.90 Å². The topological polar surface area (TPSA) is 71.6 Å². The standard InChI is InChI=1S/C14H20N4O2.C8H11ClN2O.C6H10N2O.C2H2Cl2/c1-8-15-10(3)17(19-13(15)6)12(5)18-11(4)16(9-2)14(7)20-18;1-5-10-7(3)11(6(2)9)12-8(10)4;1-4-8-5(2)7-9-6(8)3;1-2(3)4/h3-9H2,1-2H3;2-5H2,1H3;7H,2-4H2,1H3;1H2. The number of nitrogens with zero attached hydrogens (tertiary/aromatic N) is 7. The van der Waals surface area contributed by atoms with Crippen molar-refractivity contribution in [3.05, 3.63) is 135 Å². The fourth-order valence-corrected chi connectivity index (χ4v) is 4.01. The molecule has 0 aliphatic carbocycles. The Morgan fingerprint density at radius 1 is 0.556 bits per heavy atom. The van der Waals surface area contributed by atoms with Crippen molar-refractivity contribution >= 4 is 34.8 Å². The fourth-order valence-electron chi connectivity index (χ4n) is 3.88. The lowest BCUT2D eigenvalue weighted by Crippen LogP contribution is -2.30. The number of rotatable bonds is 7. The average molecular weight is 686 g/mol. The lowest BCUT2D eigenvalue weighted by molar-refractivity contribution is -0.114. The van der Waals surface area contributed by atoms with Crippen molar-refractivity contribution < 1.29 is 19.4 Å². The summed E-state index contributed by atoms with van der Waals surface area (Å²) >= 11 is 15.3. The molecule has 4 aliphatic rings. The molecule has 248 valence electrons. The molecule has 0 aromatic heterocycles. The van der Waals surface area contributed by atoms with Gasteiger partial charge in [-0.2, -0.15) is 0 Å². The van der Waals surface area contributed by atoms with Crippen LogP contribution in [0.3, 0.4) is 0 Å². The first-order valence-electron chi connectivity index (χ1n) is 13.5. The molecule has 0 atom stereocenters. The van der Waals surface area contributed by atoms with Crippen LogP contribution < -0.4 is 5.48 Å². The summed E-state index contributed by atoms with van der Waals surface area (Å²) in [7, 11) is 0. The van der Waals surface area contributed by atoms with Gasteiger partial charge in [-0.15, -0.1) is 15.2 Å². The molecule has 0 spiro atoms. The van der Waals surface area contributed by atoms with Gasteiger partial charge in [0.1, 0.15) is 28.4 Å². The maximum Gasteiger partial charge on any atom is 0.221 e. The van der Waals surface area contributed by atoms with Crippen molar-refractivity contribution in [1.82, 2.24) is 40.3 Å². The van der Waals surface area contributed by atoms with Gasteiger partial charge in [-0.1, -0.05) is 80.9 Å². The van der Waals surface area contributed by atoms with E-state index in [1.165, 1.54) is 15.2 Å². The Labute approximate surface area is 282 Å². The van der Waals surface area contributed by atoms with Crippen LogP contribution in [0.25, 0.3) is 0 Å². The van der Waals surface area contributed by atoms with Crippen LogP contribution in [0.4, 0.5) is 0 Å². The second kappa shape index (κ2) is 17.2. The summed E-state index contributed by atoms with van der Waals surface area (Å²) in [5.74, 6) is 5.20. The molecule has 0 aromatic carbocycles. The Bertz CT molecular complexity index is 1220. The molecule has 4 rings (SSSR count). The Balaban J connectivity index is 0.000000344. The molecule has 4 heterocycles. The van der Waals surface area contributed by atoms with E-state index < -0.39 is 0 Å². The smallest absolute Gasteiger partial charge is 0.221 e. The zero-order valence-corrected chi connectivity index (χ0v) is 28.8. The van der Waals surface area contributed by atoms with E-state index in [2.05, 4.69) is 77.8 Å². The lowest BCUT2D eigenvalue weighted by atomic mass is 10.5. The molecule has 0 saturated carbocycles. The van der Waals surface area contributed by atoms with E-state index in [1.807, 2.05) is 42.4 Å². The van der Waals surface area contributed by atoms with Crippen LogP contribution >= 0.6 is 34.8 Å². The van der Waals surface area contributed by atoms with E-state index >= 15 is 0 Å². The molecule has 0 amide bonds. The van der Waals surface area contributed by atoms with E-state index in [-0.39, 0.29) is 9.65 Å². The molecule has 0 radical (unpaired) electrons. The van der Waals surface area contributed by atoms with Crippen LogP contribution in [0.1, 0.15) is 27.7 Å². The molecule has 4 aliphatic heterocycles. The first-order valence-corrected chi connectivity index (χ1v) is 14.6. The van der Waals surface area contributed by atoms with Crippen LogP contribution in [0.2, 0.25) is 0 Å². The minimum atomic E-state index is 0.111. The quantitative estimate of drug-likeness (QED) is 0.272. The molecular formula is C30H43Cl3N8O4. The van der Waals surface area contributed by atoms with E-state index in [0.717, 1.165) is 18.9 Å². The molecular weight excluding hydrogens is 643 g/mol. The van der Waals surface area contributed by atoms with Crippen molar-refractivity contribution in [2.45, 2.75) is 27.7 Å². The average Bonchev–Trinajstić information content (AvgIpc) is 3.64. The van der Waals surface area contributed by atoms with Gasteiger partial charge in [0.2, 0.25) is 23.5 Å². The highest BCUT2D eigenvalue weighted by Crippen LogP contribution is 2.36. The number of nitrogens with one attached hydrogen (secondary N) is 1. The first kappa shape index (κ1) is 38.6. The second-order valence-corrected chi connectivity index (χ2v) is 10.3. The molecule has 1 N–H and O–H groups in total. The summed E-state index contributed by atoms with van der Waals surface area (Å²) in [4.78, 5) is 28.4. The van der Waals surface area contributed by atoms with Gasteiger partial charge in [0, 0.05) is 26.2 Å². The van der Waals surface area contributed by atoms with Crippen LogP contribution in [0.15, 0.2) is 135 Å². The Morgan fingerprint density at radius 2 is 0.867 bits per heavy atom. The summed E-state index contributed by atoms with van der Waals surface area (Å²) in [5, 5.41) is 4.54. The van der Waals surface area contributed by atoms with Crippen LogP contribution in [0, 0.1) is 0 Å². The highest BCUT2D eigenvalue weighted by Gasteiger charge is 2.38. The molecule has 15 heteroatoms. The van der Waals surface area contributed by atoms with Crippen molar-refractivity contribution in [3.8, 4) is 0 Å². The normalized spacial score (nSPS) is 17.0. The van der Waals surface area contributed by atoms with Gasteiger partial charge in [0.15, 0.2) is 5.82 Å². The largest absolute Gasteiger partial charge is 0.363 e. The molecule has 0 bridgehead atoms. The Hall–Kier alpha value is -4.39. The predicted molar refractivity (Wildman–Crippen MR) is 181 cm³/mol. The molecule has 0 aromatic rings. The van der Waals surface area contributed by atoms with Gasteiger partial charge in [-0.3, -0.25) is 19.6 Å². The molecule has 12 nitrogen and oxygen atoms in total. The first-order chi connectivity index (χ1) is 21.0. The van der Waals surface area contributed by atoms with E-state index in [9.17, 15) is 0 Å². The third-order valence-corrected chi connectivity index (χ3v) is 6.15. The minimum absolute atomic E-state index is 0.111. The van der Waals surface area contributed by atoms with Gasteiger partial charge in [0.25, 0.3) is 0 Å². The van der Waals surface area contributed by atoms with Crippen molar-refractivity contribution in [1.29, 1.82) is 0 Å². The number of halogens is 3. The van der Waals surface area contributed by atoms with E-state index in [0.29, 0.717) is 59.9 Å². The lowest BCUT2D eigenvalue weighted by Gasteiger charge is -2.25. The van der Waals surface area contributed by atoms with Crippen molar-refractivity contribution in [2.75, 3.05) is 26.2 Å². The van der Waals surface area contributed by atoms with Crippen molar-refractivity contribution in [2.24, 2.45) is 0 Å². The summed E-state index contributed by atoms with van der Waals surface area (Å²) in [6.07, 6.45) is 0. The SMILES string of the molecule is C=C(Cl)Cl.C=C1NOC(=C)N1CC.C=C1ON(C(=C)Cl)C(=C)N1CC.C=C1ON(C(=C)N2OC(=C)N(CC)C2=C)C(=C)N1CC. The van der Waals surface area contributed by atoms with Gasteiger partial charge < -0.3 is 19.4 Å². The number of hydroxylamine groups is 7. The maximum atomic E-state index is 5.64. The van der Waals surface area contributed by atoms with Gasteiger partial charge >= 0.3 is 0 Å². The third kappa shape index (κ3) is 9.55. The summed E-state index contributed by atoms with van der Waals surface area (Å²) in [6.45, 7) is 51.9. The van der Waals surface area contributed by atoms with E-state index in [4.69, 9.17) is 54.2 Å². The van der Waals surface area contributed by atoms with Crippen LogP contribution in [-0.2, 0) is 19.4 Å².